The van der Waals surface area contributed by atoms with Gasteiger partial charge in [-0.15, -0.1) is 0 Å². The third kappa shape index (κ3) is 1.47. The van der Waals surface area contributed by atoms with Crippen LogP contribution in [0.3, 0.4) is 0 Å². The van der Waals surface area contributed by atoms with Crippen LogP contribution in [0.5, 0.6) is 0 Å². The van der Waals surface area contributed by atoms with Crippen molar-refractivity contribution in [2.45, 2.75) is 13.3 Å². The van der Waals surface area contributed by atoms with Crippen molar-refractivity contribution in [3.05, 3.63) is 59.2 Å². The Morgan fingerprint density at radius 2 is 1.81 bits per heavy atom. The van der Waals surface area contributed by atoms with Crippen LogP contribution in [0.25, 0.3) is 22.9 Å². The molecule has 0 nitrogen and oxygen atoms in total. The van der Waals surface area contributed by atoms with Gasteiger partial charge in [0, 0.05) is 0 Å². The van der Waals surface area contributed by atoms with Crippen molar-refractivity contribution >= 4 is 22.9 Å². The van der Waals surface area contributed by atoms with Gasteiger partial charge in [-0.25, -0.2) is 0 Å². The van der Waals surface area contributed by atoms with Crippen LogP contribution in [0.4, 0.5) is 0 Å². The highest BCUT2D eigenvalue weighted by Crippen LogP contribution is 2.27. The third-order valence-corrected chi connectivity index (χ3v) is 3.10. The fraction of sp³-hybridized carbons (Fsp3) is 0.125. The van der Waals surface area contributed by atoms with Gasteiger partial charge in [0.25, 0.3) is 0 Å². The highest BCUT2D eigenvalue weighted by molar-refractivity contribution is 5.94. The normalized spacial score (nSPS) is 13.8. The number of benzene rings is 2. The molecule has 0 aromatic heterocycles. The van der Waals surface area contributed by atoms with Crippen molar-refractivity contribution in [1.29, 1.82) is 0 Å². The molecule has 1 aliphatic carbocycles. The van der Waals surface area contributed by atoms with E-state index in [9.17, 15) is 0 Å². The molecule has 0 heterocycles. The molecule has 0 heteroatoms. The summed E-state index contributed by atoms with van der Waals surface area (Å²) in [6.07, 6.45) is 9.92. The molecule has 1 aliphatic rings. The highest BCUT2D eigenvalue weighted by Gasteiger charge is 2.04. The molecular formula is C16H14. The zero-order valence-electron chi connectivity index (χ0n) is 9.40. The fourth-order valence-electron chi connectivity index (χ4n) is 2.28. The fourth-order valence-corrected chi connectivity index (χ4v) is 2.28. The standard InChI is InChI=1S/C16H14/c1-12-7-10-16-14(11-12)9-8-13-5-3-2-4-6-15(13)16/h3-11H,2H2,1H3. The van der Waals surface area contributed by atoms with Crippen molar-refractivity contribution in [3.8, 4) is 0 Å². The van der Waals surface area contributed by atoms with Crippen LogP contribution in [-0.2, 0) is 0 Å². The number of aryl methyl sites for hydroxylation is 1. The molecule has 0 saturated heterocycles. The Morgan fingerprint density at radius 1 is 0.938 bits per heavy atom. The van der Waals surface area contributed by atoms with Crippen molar-refractivity contribution in [1.82, 2.24) is 0 Å². The van der Waals surface area contributed by atoms with Crippen LogP contribution >= 0.6 is 0 Å². The number of allylic oxidation sites excluding steroid dienone is 2. The van der Waals surface area contributed by atoms with Crippen LogP contribution in [-0.4, -0.2) is 0 Å². The van der Waals surface area contributed by atoms with Crippen molar-refractivity contribution in [2.75, 3.05) is 0 Å². The van der Waals surface area contributed by atoms with Gasteiger partial charge in [0.15, 0.2) is 0 Å². The Balaban J connectivity index is 2.39. The molecule has 0 saturated carbocycles. The zero-order valence-corrected chi connectivity index (χ0v) is 9.40. The van der Waals surface area contributed by atoms with Crippen molar-refractivity contribution in [2.24, 2.45) is 0 Å². The van der Waals surface area contributed by atoms with Crippen LogP contribution in [0.2, 0.25) is 0 Å². The van der Waals surface area contributed by atoms with Gasteiger partial charge in [-0.1, -0.05) is 60.2 Å². The lowest BCUT2D eigenvalue weighted by Crippen LogP contribution is -1.84. The second-order valence-corrected chi connectivity index (χ2v) is 4.33. The Morgan fingerprint density at radius 3 is 2.75 bits per heavy atom. The summed E-state index contributed by atoms with van der Waals surface area (Å²) in [6, 6.07) is 11.1. The summed E-state index contributed by atoms with van der Waals surface area (Å²) in [4.78, 5) is 0. The molecule has 0 atom stereocenters. The van der Waals surface area contributed by atoms with Gasteiger partial charge in [0.1, 0.15) is 0 Å². The topological polar surface area (TPSA) is 0 Å². The highest BCUT2D eigenvalue weighted by atomic mass is 14.1. The smallest absolute Gasteiger partial charge is 0.0105 e. The van der Waals surface area contributed by atoms with E-state index < -0.39 is 0 Å². The molecule has 0 radical (unpaired) electrons. The predicted octanol–water partition coefficient (Wildman–Crippen LogP) is 4.58. The Kier molecular flexibility index (Phi) is 2.14. The summed E-state index contributed by atoms with van der Waals surface area (Å²) in [5.74, 6) is 0. The lowest BCUT2D eigenvalue weighted by atomic mass is 9.98. The lowest BCUT2D eigenvalue weighted by molar-refractivity contribution is 1.44. The van der Waals surface area contributed by atoms with Crippen LogP contribution in [0.15, 0.2) is 42.5 Å². The van der Waals surface area contributed by atoms with E-state index in [1.54, 1.807) is 0 Å². The molecule has 3 rings (SSSR count). The molecule has 0 unspecified atom stereocenters. The first-order chi connectivity index (χ1) is 7.84. The van der Waals surface area contributed by atoms with E-state index in [1.807, 2.05) is 0 Å². The van der Waals surface area contributed by atoms with Gasteiger partial charge >= 0.3 is 0 Å². The van der Waals surface area contributed by atoms with Gasteiger partial charge < -0.3 is 0 Å². The molecule has 0 fully saturated rings. The molecule has 0 amide bonds. The quantitative estimate of drug-likeness (QED) is 0.592. The number of hydrogen-bond acceptors (Lipinski definition) is 0. The van der Waals surface area contributed by atoms with E-state index in [-0.39, 0.29) is 0 Å². The number of rotatable bonds is 0. The largest absolute Gasteiger partial charge is 0.0801 e. The number of hydrogen-bond donors (Lipinski definition) is 0. The summed E-state index contributed by atoms with van der Waals surface area (Å²) < 4.78 is 0. The summed E-state index contributed by atoms with van der Waals surface area (Å²) in [6.45, 7) is 2.14. The van der Waals surface area contributed by atoms with E-state index >= 15 is 0 Å². The summed E-state index contributed by atoms with van der Waals surface area (Å²) in [5.41, 5.74) is 4.00. The van der Waals surface area contributed by atoms with E-state index in [1.165, 1.54) is 27.5 Å². The first kappa shape index (κ1) is 9.41. The summed E-state index contributed by atoms with van der Waals surface area (Å²) in [5, 5.41) is 2.68. The average molecular weight is 206 g/mol. The van der Waals surface area contributed by atoms with Crippen LogP contribution in [0, 0.1) is 6.92 Å². The molecule has 16 heavy (non-hydrogen) atoms. The van der Waals surface area contributed by atoms with E-state index in [0.29, 0.717) is 0 Å². The average Bonchev–Trinajstić information content (AvgIpc) is 2.53. The monoisotopic (exact) mass is 206 g/mol. The summed E-state index contributed by atoms with van der Waals surface area (Å²) >= 11 is 0. The van der Waals surface area contributed by atoms with E-state index in [4.69, 9.17) is 0 Å². The number of fused-ring (bicyclic) bond motifs is 3. The van der Waals surface area contributed by atoms with E-state index in [2.05, 4.69) is 61.6 Å². The Hall–Kier alpha value is -1.82. The van der Waals surface area contributed by atoms with Crippen LogP contribution in [0.1, 0.15) is 23.1 Å². The second-order valence-electron chi connectivity index (χ2n) is 4.33. The molecule has 0 N–H and O–H groups in total. The van der Waals surface area contributed by atoms with Gasteiger partial charge in [0.2, 0.25) is 0 Å². The zero-order chi connectivity index (χ0) is 11.0. The van der Waals surface area contributed by atoms with Crippen molar-refractivity contribution in [3.63, 3.8) is 0 Å². The maximum Gasteiger partial charge on any atom is -0.0105 e. The minimum Gasteiger partial charge on any atom is -0.0801 e. The first-order valence-electron chi connectivity index (χ1n) is 5.71. The second kappa shape index (κ2) is 3.64. The molecule has 2 aromatic carbocycles. The molecule has 0 aliphatic heterocycles. The molecule has 2 aromatic rings. The minimum atomic E-state index is 1.03. The third-order valence-electron chi connectivity index (χ3n) is 3.10. The van der Waals surface area contributed by atoms with Crippen LogP contribution < -0.4 is 0 Å². The maximum absolute atomic E-state index is 2.25. The maximum atomic E-state index is 2.25. The van der Waals surface area contributed by atoms with E-state index in [0.717, 1.165) is 6.42 Å². The first-order valence-corrected chi connectivity index (χ1v) is 5.71. The molecular weight excluding hydrogens is 192 g/mol. The van der Waals surface area contributed by atoms with Crippen molar-refractivity contribution < 1.29 is 0 Å². The molecule has 78 valence electrons. The Labute approximate surface area is 95.9 Å². The molecule has 0 bridgehead atoms. The Bertz CT molecular complexity index is 601. The van der Waals surface area contributed by atoms with Gasteiger partial charge in [-0.3, -0.25) is 0 Å². The lowest BCUT2D eigenvalue weighted by Gasteiger charge is -2.07. The van der Waals surface area contributed by atoms with Gasteiger partial charge in [-0.05, 0) is 35.2 Å². The summed E-state index contributed by atoms with van der Waals surface area (Å²) in [7, 11) is 0. The minimum absolute atomic E-state index is 1.03. The SMILES string of the molecule is Cc1ccc2c3c(ccc2c1)C=CCC=C3. The molecule has 0 spiro atoms. The van der Waals surface area contributed by atoms with Gasteiger partial charge in [-0.2, -0.15) is 0 Å². The predicted molar refractivity (Wildman–Crippen MR) is 71.4 cm³/mol. The van der Waals surface area contributed by atoms with Gasteiger partial charge in [0.05, 0.1) is 0 Å².